The van der Waals surface area contributed by atoms with Crippen molar-refractivity contribution in [2.45, 2.75) is 20.3 Å². The molecule has 3 nitrogen and oxygen atoms in total. The Hall–Kier alpha value is -1.51. The number of nitrogens with two attached hydrogens (primary N) is 1. The molecule has 0 saturated heterocycles. The van der Waals surface area contributed by atoms with E-state index in [-0.39, 0.29) is 5.84 Å². The standard InChI is InChI=1S/C12H19N3/c1-3-9-15(4-2)11-7-5-10(6-8-11)12(13)14/h5-8H,3-4,9H2,1-2H3,(H3,13,14). The zero-order chi connectivity index (χ0) is 11.3. The van der Waals surface area contributed by atoms with E-state index in [1.54, 1.807) is 0 Å². The molecule has 1 rings (SSSR count). The number of rotatable bonds is 5. The molecule has 0 heterocycles. The topological polar surface area (TPSA) is 53.1 Å². The van der Waals surface area contributed by atoms with E-state index in [1.165, 1.54) is 5.69 Å². The molecular formula is C12H19N3. The van der Waals surface area contributed by atoms with Gasteiger partial charge in [0.2, 0.25) is 0 Å². The fourth-order valence-electron chi connectivity index (χ4n) is 1.59. The van der Waals surface area contributed by atoms with Crippen LogP contribution in [0.25, 0.3) is 0 Å². The molecule has 0 radical (unpaired) electrons. The second-order valence-corrected chi connectivity index (χ2v) is 3.54. The Labute approximate surface area is 91.4 Å². The first kappa shape index (κ1) is 11.6. The second-order valence-electron chi connectivity index (χ2n) is 3.54. The van der Waals surface area contributed by atoms with Crippen molar-refractivity contribution < 1.29 is 0 Å². The summed E-state index contributed by atoms with van der Waals surface area (Å²) in [6.45, 7) is 6.39. The maximum absolute atomic E-state index is 7.30. The van der Waals surface area contributed by atoms with Gasteiger partial charge in [-0.3, -0.25) is 5.41 Å². The van der Waals surface area contributed by atoms with Crippen LogP contribution in [0.1, 0.15) is 25.8 Å². The van der Waals surface area contributed by atoms with Crippen molar-refractivity contribution in [1.29, 1.82) is 5.41 Å². The van der Waals surface area contributed by atoms with Crippen molar-refractivity contribution in [2.24, 2.45) is 5.73 Å². The van der Waals surface area contributed by atoms with Gasteiger partial charge in [0.25, 0.3) is 0 Å². The van der Waals surface area contributed by atoms with Crippen LogP contribution in [0.4, 0.5) is 5.69 Å². The third kappa shape index (κ3) is 2.98. The van der Waals surface area contributed by atoms with Gasteiger partial charge in [-0.15, -0.1) is 0 Å². The highest BCUT2D eigenvalue weighted by molar-refractivity contribution is 5.95. The normalized spacial score (nSPS) is 10.0. The summed E-state index contributed by atoms with van der Waals surface area (Å²) in [6.07, 6.45) is 1.14. The highest BCUT2D eigenvalue weighted by Gasteiger charge is 2.03. The Kier molecular flexibility index (Phi) is 4.16. The van der Waals surface area contributed by atoms with Gasteiger partial charge in [0, 0.05) is 24.3 Å². The first-order valence-electron chi connectivity index (χ1n) is 5.38. The van der Waals surface area contributed by atoms with Crippen LogP contribution in [0.5, 0.6) is 0 Å². The van der Waals surface area contributed by atoms with Gasteiger partial charge in [0.05, 0.1) is 0 Å². The molecule has 0 bridgehead atoms. The fraction of sp³-hybridized carbons (Fsp3) is 0.417. The number of nitrogens with one attached hydrogen (secondary N) is 1. The lowest BCUT2D eigenvalue weighted by atomic mass is 10.2. The van der Waals surface area contributed by atoms with E-state index in [1.807, 2.05) is 24.3 Å². The minimum Gasteiger partial charge on any atom is -0.384 e. The summed E-state index contributed by atoms with van der Waals surface area (Å²) in [5.74, 6) is 0.125. The van der Waals surface area contributed by atoms with Crippen molar-refractivity contribution in [2.75, 3.05) is 18.0 Å². The summed E-state index contributed by atoms with van der Waals surface area (Å²) in [4.78, 5) is 2.31. The predicted molar refractivity (Wildman–Crippen MR) is 65.6 cm³/mol. The van der Waals surface area contributed by atoms with Crippen molar-refractivity contribution in [3.05, 3.63) is 29.8 Å². The van der Waals surface area contributed by atoms with E-state index >= 15 is 0 Å². The smallest absolute Gasteiger partial charge is 0.122 e. The fourth-order valence-corrected chi connectivity index (χ4v) is 1.59. The van der Waals surface area contributed by atoms with Gasteiger partial charge < -0.3 is 10.6 Å². The summed E-state index contributed by atoms with van der Waals surface area (Å²) in [7, 11) is 0. The maximum atomic E-state index is 7.30. The lowest BCUT2D eigenvalue weighted by molar-refractivity contribution is 0.792. The molecule has 1 aromatic carbocycles. The van der Waals surface area contributed by atoms with Gasteiger partial charge in [-0.05, 0) is 37.6 Å². The summed E-state index contributed by atoms with van der Waals surface area (Å²) in [6, 6.07) is 7.84. The van der Waals surface area contributed by atoms with E-state index < -0.39 is 0 Å². The molecule has 0 aliphatic carbocycles. The second kappa shape index (κ2) is 5.39. The Morgan fingerprint density at radius 2 is 1.87 bits per heavy atom. The van der Waals surface area contributed by atoms with Gasteiger partial charge in [0.15, 0.2) is 0 Å². The SMILES string of the molecule is CCCN(CC)c1ccc(C(=N)N)cc1. The number of amidine groups is 1. The van der Waals surface area contributed by atoms with Gasteiger partial charge >= 0.3 is 0 Å². The van der Waals surface area contributed by atoms with Crippen LogP contribution in [-0.4, -0.2) is 18.9 Å². The van der Waals surface area contributed by atoms with Gasteiger partial charge in [-0.25, -0.2) is 0 Å². The highest BCUT2D eigenvalue weighted by Crippen LogP contribution is 2.15. The quantitative estimate of drug-likeness (QED) is 0.572. The molecule has 3 heteroatoms. The molecular weight excluding hydrogens is 186 g/mol. The van der Waals surface area contributed by atoms with E-state index in [2.05, 4.69) is 18.7 Å². The number of benzene rings is 1. The van der Waals surface area contributed by atoms with E-state index in [0.29, 0.717) is 0 Å². The largest absolute Gasteiger partial charge is 0.384 e. The average molecular weight is 205 g/mol. The first-order valence-corrected chi connectivity index (χ1v) is 5.38. The molecule has 0 aromatic heterocycles. The number of nitrogens with zero attached hydrogens (tertiary/aromatic N) is 1. The molecule has 0 amide bonds. The lowest BCUT2D eigenvalue weighted by Crippen LogP contribution is -2.23. The van der Waals surface area contributed by atoms with Crippen LogP contribution in [0, 0.1) is 5.41 Å². The van der Waals surface area contributed by atoms with Crippen molar-refractivity contribution in [3.63, 3.8) is 0 Å². The number of hydrogen-bond acceptors (Lipinski definition) is 2. The summed E-state index contributed by atoms with van der Waals surface area (Å²) < 4.78 is 0. The zero-order valence-corrected chi connectivity index (χ0v) is 9.46. The average Bonchev–Trinajstić information content (AvgIpc) is 2.26. The molecule has 82 valence electrons. The Morgan fingerprint density at radius 1 is 1.27 bits per heavy atom. The third-order valence-electron chi connectivity index (χ3n) is 2.42. The van der Waals surface area contributed by atoms with Gasteiger partial charge in [-0.2, -0.15) is 0 Å². The van der Waals surface area contributed by atoms with Gasteiger partial charge in [0.1, 0.15) is 5.84 Å². The molecule has 0 aliphatic rings. The van der Waals surface area contributed by atoms with E-state index in [4.69, 9.17) is 11.1 Å². The maximum Gasteiger partial charge on any atom is 0.122 e. The number of nitrogen functional groups attached to an aromatic ring is 1. The number of anilines is 1. The lowest BCUT2D eigenvalue weighted by Gasteiger charge is -2.22. The molecule has 0 fully saturated rings. The van der Waals surface area contributed by atoms with Crippen molar-refractivity contribution in [1.82, 2.24) is 0 Å². The summed E-state index contributed by atoms with van der Waals surface area (Å²) in [5.41, 5.74) is 7.38. The molecule has 0 aliphatic heterocycles. The van der Waals surface area contributed by atoms with Crippen molar-refractivity contribution >= 4 is 11.5 Å². The molecule has 1 aromatic rings. The minimum absolute atomic E-state index is 0.125. The molecule has 0 unspecified atom stereocenters. The van der Waals surface area contributed by atoms with Crippen LogP contribution < -0.4 is 10.6 Å². The van der Waals surface area contributed by atoms with Crippen LogP contribution >= 0.6 is 0 Å². The molecule has 0 spiro atoms. The number of hydrogen-bond donors (Lipinski definition) is 2. The summed E-state index contributed by atoms with van der Waals surface area (Å²) >= 11 is 0. The van der Waals surface area contributed by atoms with Crippen LogP contribution in [-0.2, 0) is 0 Å². The summed E-state index contributed by atoms with van der Waals surface area (Å²) in [5, 5.41) is 7.30. The molecule has 3 N–H and O–H groups in total. The van der Waals surface area contributed by atoms with E-state index in [0.717, 1.165) is 25.1 Å². The predicted octanol–water partition coefficient (Wildman–Crippen LogP) is 2.21. The van der Waals surface area contributed by atoms with Crippen LogP contribution in [0.15, 0.2) is 24.3 Å². The Morgan fingerprint density at radius 3 is 2.27 bits per heavy atom. The van der Waals surface area contributed by atoms with Gasteiger partial charge in [-0.1, -0.05) is 6.92 Å². The van der Waals surface area contributed by atoms with Crippen molar-refractivity contribution in [3.8, 4) is 0 Å². The third-order valence-corrected chi connectivity index (χ3v) is 2.42. The zero-order valence-electron chi connectivity index (χ0n) is 9.46. The monoisotopic (exact) mass is 205 g/mol. The Bertz CT molecular complexity index is 316. The Balaban J connectivity index is 2.81. The first-order chi connectivity index (χ1) is 7.19. The minimum atomic E-state index is 0.125. The molecule has 0 atom stereocenters. The highest BCUT2D eigenvalue weighted by atomic mass is 15.1. The molecule has 15 heavy (non-hydrogen) atoms. The van der Waals surface area contributed by atoms with E-state index in [9.17, 15) is 0 Å². The molecule has 0 saturated carbocycles. The van der Waals surface area contributed by atoms with Crippen LogP contribution in [0.3, 0.4) is 0 Å². The van der Waals surface area contributed by atoms with Crippen LogP contribution in [0.2, 0.25) is 0 Å².